The summed E-state index contributed by atoms with van der Waals surface area (Å²) in [6.45, 7) is 2.72. The molecule has 1 aliphatic rings. The molecule has 2 nitrogen and oxygen atoms in total. The highest BCUT2D eigenvalue weighted by atomic mass is 19.3. The molecule has 0 aromatic rings. The molecule has 0 bridgehead atoms. The van der Waals surface area contributed by atoms with Crippen LogP contribution in [-0.2, 0) is 0 Å². The number of hydrogen-bond donors (Lipinski definition) is 1. The van der Waals surface area contributed by atoms with Gasteiger partial charge in [0.05, 0.1) is 6.54 Å². The molecule has 0 aromatic heterocycles. The molecule has 0 radical (unpaired) electrons. The Bertz CT molecular complexity index is 150. The fraction of sp³-hybridized carbons (Fsp3) is 1.00. The second-order valence-corrected chi connectivity index (χ2v) is 3.49. The molecular formula is C8H16F2N2. The third-order valence-corrected chi connectivity index (χ3v) is 2.28. The molecular weight excluding hydrogens is 162 g/mol. The van der Waals surface area contributed by atoms with Gasteiger partial charge >= 0.3 is 0 Å². The molecule has 1 aliphatic heterocycles. The Balaban J connectivity index is 2.32. The first-order chi connectivity index (χ1) is 5.53. The molecule has 4 heteroatoms. The minimum absolute atomic E-state index is 0.0846. The van der Waals surface area contributed by atoms with Gasteiger partial charge in [-0.3, -0.25) is 4.90 Å². The van der Waals surface area contributed by atoms with E-state index in [4.69, 9.17) is 5.73 Å². The molecule has 1 fully saturated rings. The maximum atomic E-state index is 12.8. The largest absolute Gasteiger partial charge is 0.326 e. The van der Waals surface area contributed by atoms with Gasteiger partial charge in [-0.25, -0.2) is 8.78 Å². The summed E-state index contributed by atoms with van der Waals surface area (Å²) < 4.78 is 25.7. The van der Waals surface area contributed by atoms with E-state index >= 15 is 0 Å². The van der Waals surface area contributed by atoms with Gasteiger partial charge in [-0.05, 0) is 13.0 Å². The number of rotatable bonds is 3. The summed E-state index contributed by atoms with van der Waals surface area (Å²) in [5.74, 6) is -2.54. The lowest BCUT2D eigenvalue weighted by Crippen LogP contribution is -2.36. The van der Waals surface area contributed by atoms with Gasteiger partial charge in [-0.2, -0.15) is 0 Å². The Morgan fingerprint density at radius 1 is 1.58 bits per heavy atom. The van der Waals surface area contributed by atoms with Crippen LogP contribution >= 0.6 is 0 Å². The van der Waals surface area contributed by atoms with Crippen LogP contribution in [0, 0.1) is 0 Å². The topological polar surface area (TPSA) is 29.3 Å². The van der Waals surface area contributed by atoms with Crippen LogP contribution in [0.25, 0.3) is 0 Å². The van der Waals surface area contributed by atoms with E-state index in [0.717, 1.165) is 13.0 Å². The lowest BCUT2D eigenvalue weighted by Gasteiger charge is -2.21. The molecule has 0 aliphatic carbocycles. The van der Waals surface area contributed by atoms with E-state index in [2.05, 4.69) is 0 Å². The van der Waals surface area contributed by atoms with Gasteiger partial charge in [0, 0.05) is 19.0 Å². The van der Waals surface area contributed by atoms with Crippen molar-refractivity contribution in [1.82, 2.24) is 4.90 Å². The summed E-state index contributed by atoms with van der Waals surface area (Å²) in [5, 5.41) is 0. The van der Waals surface area contributed by atoms with E-state index in [-0.39, 0.29) is 19.0 Å². The highest BCUT2D eigenvalue weighted by Gasteiger charge is 2.31. The van der Waals surface area contributed by atoms with Crippen molar-refractivity contribution >= 4 is 0 Å². The maximum Gasteiger partial charge on any atom is 0.260 e. The highest BCUT2D eigenvalue weighted by Crippen LogP contribution is 2.21. The standard InChI is InChI=1S/C8H16F2N2/c1-2-8(9,10)6-12-4-3-7(11)5-12/h7H,2-6,11H2,1H3. The summed E-state index contributed by atoms with van der Waals surface area (Å²) in [6, 6.07) is 0.0951. The Morgan fingerprint density at radius 3 is 2.67 bits per heavy atom. The number of hydrogen-bond acceptors (Lipinski definition) is 2. The van der Waals surface area contributed by atoms with E-state index in [1.807, 2.05) is 0 Å². The van der Waals surface area contributed by atoms with Gasteiger partial charge in [0.25, 0.3) is 5.92 Å². The Morgan fingerprint density at radius 2 is 2.25 bits per heavy atom. The van der Waals surface area contributed by atoms with E-state index in [1.54, 1.807) is 4.90 Å². The SMILES string of the molecule is CCC(F)(F)CN1CCC(N)C1. The quantitative estimate of drug-likeness (QED) is 0.700. The molecule has 1 saturated heterocycles. The predicted molar refractivity (Wildman–Crippen MR) is 44.3 cm³/mol. The summed E-state index contributed by atoms with van der Waals surface area (Å²) in [4.78, 5) is 1.74. The Kier molecular flexibility index (Phi) is 3.01. The molecule has 1 unspecified atom stereocenters. The zero-order chi connectivity index (χ0) is 9.19. The lowest BCUT2D eigenvalue weighted by molar-refractivity contribution is -0.0303. The number of nitrogens with zero attached hydrogens (tertiary/aromatic N) is 1. The van der Waals surface area contributed by atoms with Gasteiger partial charge < -0.3 is 5.73 Å². The van der Waals surface area contributed by atoms with E-state index in [9.17, 15) is 8.78 Å². The van der Waals surface area contributed by atoms with Crippen LogP contribution in [0.4, 0.5) is 8.78 Å². The molecule has 0 spiro atoms. The first-order valence-electron chi connectivity index (χ1n) is 4.39. The van der Waals surface area contributed by atoms with E-state index < -0.39 is 5.92 Å². The van der Waals surface area contributed by atoms with Crippen molar-refractivity contribution in [2.24, 2.45) is 5.73 Å². The van der Waals surface area contributed by atoms with Crippen molar-refractivity contribution in [3.63, 3.8) is 0 Å². The third-order valence-electron chi connectivity index (χ3n) is 2.28. The third kappa shape index (κ3) is 2.68. The Hall–Kier alpha value is -0.220. The molecule has 72 valence electrons. The fourth-order valence-corrected chi connectivity index (χ4v) is 1.45. The fourth-order valence-electron chi connectivity index (χ4n) is 1.45. The smallest absolute Gasteiger partial charge is 0.260 e. The first-order valence-corrected chi connectivity index (χ1v) is 4.39. The molecule has 0 aromatic carbocycles. The summed E-state index contributed by atoms with van der Waals surface area (Å²) in [6.07, 6.45) is 0.762. The van der Waals surface area contributed by atoms with Crippen LogP contribution in [0.1, 0.15) is 19.8 Å². The summed E-state index contributed by atoms with van der Waals surface area (Å²) in [5.41, 5.74) is 5.60. The highest BCUT2D eigenvalue weighted by molar-refractivity contribution is 4.81. The predicted octanol–water partition coefficient (Wildman–Crippen LogP) is 1.06. The monoisotopic (exact) mass is 178 g/mol. The normalized spacial score (nSPS) is 26.5. The van der Waals surface area contributed by atoms with Gasteiger partial charge in [-0.1, -0.05) is 6.92 Å². The maximum absolute atomic E-state index is 12.8. The Labute approximate surface area is 71.7 Å². The van der Waals surface area contributed by atoms with Crippen molar-refractivity contribution in [1.29, 1.82) is 0 Å². The summed E-state index contributed by atoms with van der Waals surface area (Å²) >= 11 is 0. The van der Waals surface area contributed by atoms with E-state index in [0.29, 0.717) is 6.54 Å². The lowest BCUT2D eigenvalue weighted by atomic mass is 10.2. The molecule has 0 saturated carbocycles. The number of likely N-dealkylation sites (tertiary alicyclic amines) is 1. The second kappa shape index (κ2) is 3.66. The van der Waals surface area contributed by atoms with Crippen LogP contribution in [0.2, 0.25) is 0 Å². The van der Waals surface area contributed by atoms with Crippen LogP contribution in [0.3, 0.4) is 0 Å². The zero-order valence-corrected chi connectivity index (χ0v) is 7.39. The molecule has 2 N–H and O–H groups in total. The van der Waals surface area contributed by atoms with E-state index in [1.165, 1.54) is 6.92 Å². The zero-order valence-electron chi connectivity index (χ0n) is 7.39. The van der Waals surface area contributed by atoms with Crippen molar-refractivity contribution in [3.8, 4) is 0 Å². The molecule has 1 rings (SSSR count). The molecule has 0 amide bonds. The van der Waals surface area contributed by atoms with Crippen LogP contribution in [0.15, 0.2) is 0 Å². The van der Waals surface area contributed by atoms with Gasteiger partial charge in [-0.15, -0.1) is 0 Å². The molecule has 1 atom stereocenters. The summed E-state index contributed by atoms with van der Waals surface area (Å²) in [7, 11) is 0. The first kappa shape index (κ1) is 9.86. The minimum atomic E-state index is -2.54. The van der Waals surface area contributed by atoms with Gasteiger partial charge in [0.15, 0.2) is 0 Å². The molecule has 12 heavy (non-hydrogen) atoms. The number of halogens is 2. The average molecular weight is 178 g/mol. The van der Waals surface area contributed by atoms with Gasteiger partial charge in [0.2, 0.25) is 0 Å². The van der Waals surface area contributed by atoms with Crippen molar-refractivity contribution in [2.75, 3.05) is 19.6 Å². The van der Waals surface area contributed by atoms with Crippen molar-refractivity contribution in [2.45, 2.75) is 31.7 Å². The number of alkyl halides is 2. The average Bonchev–Trinajstić information content (AvgIpc) is 2.35. The number of nitrogens with two attached hydrogens (primary N) is 1. The second-order valence-electron chi connectivity index (χ2n) is 3.49. The van der Waals surface area contributed by atoms with Crippen molar-refractivity contribution < 1.29 is 8.78 Å². The van der Waals surface area contributed by atoms with Crippen LogP contribution < -0.4 is 5.73 Å². The van der Waals surface area contributed by atoms with Crippen molar-refractivity contribution in [3.05, 3.63) is 0 Å². The van der Waals surface area contributed by atoms with Crippen LogP contribution in [0.5, 0.6) is 0 Å². The minimum Gasteiger partial charge on any atom is -0.326 e. The molecule has 1 heterocycles. The van der Waals surface area contributed by atoms with Crippen LogP contribution in [-0.4, -0.2) is 36.5 Å². The van der Waals surface area contributed by atoms with Gasteiger partial charge in [0.1, 0.15) is 0 Å².